The van der Waals surface area contributed by atoms with Crippen molar-refractivity contribution in [2.45, 2.75) is 70.8 Å². The van der Waals surface area contributed by atoms with Crippen LogP contribution in [0, 0.1) is 0 Å². The minimum absolute atomic E-state index is 0.191. The van der Waals surface area contributed by atoms with Crippen molar-refractivity contribution < 1.29 is 9.90 Å². The lowest BCUT2D eigenvalue weighted by atomic mass is 9.73. The summed E-state index contributed by atoms with van der Waals surface area (Å²) < 4.78 is 0. The molecule has 0 radical (unpaired) electrons. The Morgan fingerprint density at radius 1 is 1.13 bits per heavy atom. The van der Waals surface area contributed by atoms with E-state index < -0.39 is 0 Å². The van der Waals surface area contributed by atoms with Crippen LogP contribution in [0.2, 0.25) is 0 Å². The van der Waals surface area contributed by atoms with Crippen molar-refractivity contribution in [3.8, 4) is 5.75 Å². The van der Waals surface area contributed by atoms with E-state index in [-0.39, 0.29) is 17.2 Å². The number of phenolic OH excluding ortho intramolecular Hbond substituents is 1. The van der Waals surface area contributed by atoms with Crippen LogP contribution in [0.5, 0.6) is 5.75 Å². The van der Waals surface area contributed by atoms with E-state index >= 15 is 0 Å². The van der Waals surface area contributed by atoms with Gasteiger partial charge in [-0.05, 0) is 80.7 Å². The molecule has 1 atom stereocenters. The average Bonchev–Trinajstić information content (AvgIpc) is 2.72. The summed E-state index contributed by atoms with van der Waals surface area (Å²) in [5.74, 6) is 0.800. The number of ketones is 1. The van der Waals surface area contributed by atoms with Crippen LogP contribution in [-0.2, 0) is 11.2 Å². The van der Waals surface area contributed by atoms with Gasteiger partial charge in [0, 0.05) is 30.3 Å². The predicted octanol–water partition coefficient (Wildman–Crippen LogP) is 6.25. The van der Waals surface area contributed by atoms with Crippen molar-refractivity contribution in [1.29, 1.82) is 0 Å². The first-order chi connectivity index (χ1) is 14.3. The summed E-state index contributed by atoms with van der Waals surface area (Å²) in [6.45, 7) is 6.61. The number of rotatable bonds is 5. The molecule has 2 aliphatic rings. The summed E-state index contributed by atoms with van der Waals surface area (Å²) >= 11 is 0. The molecule has 1 heterocycles. The molecule has 0 amide bonds. The summed E-state index contributed by atoms with van der Waals surface area (Å²) in [4.78, 5) is 15.1. The lowest BCUT2D eigenvalue weighted by Gasteiger charge is -2.47. The Balaban J connectivity index is 1.63. The molecule has 2 aromatic carbocycles. The number of carbonyl (C=O) groups excluding carboxylic acids is 1. The Labute approximate surface area is 180 Å². The molecule has 1 N–H and O–H groups in total. The fraction of sp³-hybridized carbons (Fsp3) is 0.444. The standard InChI is InChI=1S/C27H33NO2/c1-18(10-8-13-19-11-6-5-7-12-19)20-16-23-21(17-25(20)30)26-22(14-9-15-24(26)29)27(2,3)28(23)4/h5-7,11-12,16-18,30H,8-10,13-15H2,1-4H3. The molecule has 3 heteroatoms. The van der Waals surface area contributed by atoms with E-state index in [9.17, 15) is 9.90 Å². The number of nitrogens with zero attached hydrogens (tertiary/aromatic N) is 1. The molecule has 2 aromatic rings. The molecule has 3 nitrogen and oxygen atoms in total. The molecule has 0 saturated carbocycles. The average molecular weight is 404 g/mol. The second-order valence-corrected chi connectivity index (χ2v) is 9.46. The number of hydrogen-bond donors (Lipinski definition) is 1. The summed E-state index contributed by atoms with van der Waals surface area (Å²) in [6, 6.07) is 14.5. The minimum atomic E-state index is -0.191. The van der Waals surface area contributed by atoms with E-state index in [0.717, 1.165) is 54.5 Å². The first-order valence-electron chi connectivity index (χ1n) is 11.2. The van der Waals surface area contributed by atoms with Crippen molar-refractivity contribution in [3.05, 3.63) is 64.7 Å². The number of aromatic hydroxyl groups is 1. The van der Waals surface area contributed by atoms with Gasteiger partial charge >= 0.3 is 0 Å². The maximum Gasteiger partial charge on any atom is 0.163 e. The third-order valence-corrected chi connectivity index (χ3v) is 7.24. The largest absolute Gasteiger partial charge is 0.508 e. The van der Waals surface area contributed by atoms with Crippen LogP contribution in [0.25, 0.3) is 5.57 Å². The molecule has 0 bridgehead atoms. The molecule has 158 valence electrons. The Kier molecular flexibility index (Phi) is 5.48. The minimum Gasteiger partial charge on any atom is -0.508 e. The van der Waals surface area contributed by atoms with Crippen LogP contribution in [0.4, 0.5) is 5.69 Å². The summed E-state index contributed by atoms with van der Waals surface area (Å²) in [5.41, 5.74) is 6.21. The van der Waals surface area contributed by atoms with Crippen LogP contribution >= 0.6 is 0 Å². The molecular weight excluding hydrogens is 370 g/mol. The lowest BCUT2D eigenvalue weighted by Crippen LogP contribution is -2.47. The van der Waals surface area contributed by atoms with Crippen molar-refractivity contribution in [3.63, 3.8) is 0 Å². The Morgan fingerprint density at radius 3 is 2.60 bits per heavy atom. The van der Waals surface area contributed by atoms with Gasteiger partial charge in [0.25, 0.3) is 0 Å². The van der Waals surface area contributed by atoms with Crippen LogP contribution in [0.1, 0.15) is 75.5 Å². The number of carbonyl (C=O) groups is 1. The Bertz CT molecular complexity index is 987. The molecule has 30 heavy (non-hydrogen) atoms. The van der Waals surface area contributed by atoms with Gasteiger partial charge in [-0.25, -0.2) is 0 Å². The van der Waals surface area contributed by atoms with Crippen LogP contribution in [0.15, 0.2) is 48.0 Å². The number of hydrogen-bond acceptors (Lipinski definition) is 3. The van der Waals surface area contributed by atoms with Crippen molar-refractivity contribution in [2.75, 3.05) is 11.9 Å². The smallest absolute Gasteiger partial charge is 0.163 e. The van der Waals surface area contributed by atoms with E-state index in [1.807, 2.05) is 12.1 Å². The number of allylic oxidation sites excluding steroid dienone is 1. The maximum atomic E-state index is 12.8. The zero-order chi connectivity index (χ0) is 21.5. The van der Waals surface area contributed by atoms with Crippen molar-refractivity contribution >= 4 is 17.0 Å². The fourth-order valence-corrected chi connectivity index (χ4v) is 5.15. The van der Waals surface area contributed by atoms with E-state index in [1.54, 1.807) is 0 Å². The zero-order valence-corrected chi connectivity index (χ0v) is 18.7. The molecule has 0 fully saturated rings. The highest BCUT2D eigenvalue weighted by Crippen LogP contribution is 2.49. The number of phenols is 1. The van der Waals surface area contributed by atoms with Gasteiger partial charge in [0.05, 0.1) is 5.54 Å². The van der Waals surface area contributed by atoms with Gasteiger partial charge in [0.15, 0.2) is 5.78 Å². The van der Waals surface area contributed by atoms with Gasteiger partial charge < -0.3 is 10.0 Å². The quantitative estimate of drug-likeness (QED) is 0.641. The second kappa shape index (κ2) is 7.94. The molecule has 0 aromatic heterocycles. The highest BCUT2D eigenvalue weighted by atomic mass is 16.3. The SMILES string of the molecule is CC(CCCc1ccccc1)c1cc2c(cc1O)C1=C(CCCC1=O)C(C)(C)N2C. The van der Waals surface area contributed by atoms with Gasteiger partial charge in [-0.3, -0.25) is 4.79 Å². The van der Waals surface area contributed by atoms with Gasteiger partial charge in [0.1, 0.15) is 5.75 Å². The van der Waals surface area contributed by atoms with E-state index in [0.29, 0.717) is 12.2 Å². The Morgan fingerprint density at radius 2 is 1.87 bits per heavy atom. The monoisotopic (exact) mass is 403 g/mol. The molecule has 1 aliphatic carbocycles. The molecule has 0 saturated heterocycles. The van der Waals surface area contributed by atoms with Gasteiger partial charge in [-0.2, -0.15) is 0 Å². The lowest BCUT2D eigenvalue weighted by molar-refractivity contribution is -0.114. The topological polar surface area (TPSA) is 40.5 Å². The van der Waals surface area contributed by atoms with Crippen LogP contribution in [0.3, 0.4) is 0 Å². The first-order valence-corrected chi connectivity index (χ1v) is 11.2. The predicted molar refractivity (Wildman–Crippen MR) is 124 cm³/mol. The number of Topliss-reactive ketones (excluding diaryl/α,β-unsaturated/α-hetero) is 1. The molecular formula is C27H33NO2. The van der Waals surface area contributed by atoms with Gasteiger partial charge in [0.2, 0.25) is 0 Å². The molecule has 1 unspecified atom stereocenters. The number of fused-ring (bicyclic) bond motifs is 2. The summed E-state index contributed by atoms with van der Waals surface area (Å²) in [5, 5.41) is 10.9. The zero-order valence-electron chi connectivity index (χ0n) is 18.7. The van der Waals surface area contributed by atoms with Gasteiger partial charge in [-0.1, -0.05) is 37.3 Å². The van der Waals surface area contributed by atoms with Crippen LogP contribution < -0.4 is 4.90 Å². The van der Waals surface area contributed by atoms with E-state index in [4.69, 9.17) is 0 Å². The van der Waals surface area contributed by atoms with Gasteiger partial charge in [-0.15, -0.1) is 0 Å². The Hall–Kier alpha value is -2.55. The highest BCUT2D eigenvalue weighted by Gasteiger charge is 2.41. The highest BCUT2D eigenvalue weighted by molar-refractivity contribution is 6.25. The maximum absolute atomic E-state index is 12.8. The van der Waals surface area contributed by atoms with Crippen molar-refractivity contribution in [1.82, 2.24) is 0 Å². The molecule has 1 aliphatic heterocycles. The molecule has 4 rings (SSSR count). The second-order valence-electron chi connectivity index (χ2n) is 9.46. The number of aryl methyl sites for hydroxylation is 1. The van der Waals surface area contributed by atoms with E-state index in [2.05, 4.69) is 63.1 Å². The van der Waals surface area contributed by atoms with Crippen molar-refractivity contribution in [2.24, 2.45) is 0 Å². The van der Waals surface area contributed by atoms with Crippen LogP contribution in [-0.4, -0.2) is 23.5 Å². The summed E-state index contributed by atoms with van der Waals surface area (Å²) in [6.07, 6.45) is 5.63. The normalized spacial score (nSPS) is 18.8. The summed E-state index contributed by atoms with van der Waals surface area (Å²) in [7, 11) is 2.11. The first kappa shape index (κ1) is 20.7. The molecule has 0 spiro atoms. The third-order valence-electron chi connectivity index (χ3n) is 7.24. The number of likely N-dealkylation sites (N-methyl/N-ethyl adjacent to an activating group) is 1. The fourth-order valence-electron chi connectivity index (χ4n) is 5.15. The van der Waals surface area contributed by atoms with E-state index in [1.165, 1.54) is 11.1 Å². The number of benzene rings is 2. The number of anilines is 1. The third kappa shape index (κ3) is 3.55.